The predicted octanol–water partition coefficient (Wildman–Crippen LogP) is 1.31. The number of morpholine rings is 1. The van der Waals surface area contributed by atoms with E-state index in [2.05, 4.69) is 34.4 Å². The Hall–Kier alpha value is -1.66. The van der Waals surface area contributed by atoms with Gasteiger partial charge in [0, 0.05) is 32.3 Å². The highest BCUT2D eigenvalue weighted by Crippen LogP contribution is 2.18. The number of hydrogen-bond donors (Lipinski definition) is 2. The molecule has 1 saturated heterocycles. The molecule has 0 spiro atoms. The fraction of sp³-hybridized carbons (Fsp3) is 0.647. The summed E-state index contributed by atoms with van der Waals surface area (Å²) < 4.78 is 5.75. The Morgan fingerprint density at radius 3 is 2.70 bits per heavy atom. The normalized spacial score (nSPS) is 21.3. The Bertz CT molecular complexity index is 482. The van der Waals surface area contributed by atoms with Crippen molar-refractivity contribution in [1.29, 1.82) is 0 Å². The molecule has 0 aliphatic carbocycles. The third-order valence-corrected chi connectivity index (χ3v) is 3.87. The molecule has 2 heterocycles. The van der Waals surface area contributed by atoms with E-state index in [0.29, 0.717) is 13.0 Å². The minimum absolute atomic E-state index is 0.0835. The van der Waals surface area contributed by atoms with Crippen LogP contribution in [0.5, 0.6) is 0 Å². The number of carbonyl (C=O) groups is 1. The molecule has 128 valence electrons. The van der Waals surface area contributed by atoms with Gasteiger partial charge in [0.05, 0.1) is 12.2 Å². The summed E-state index contributed by atoms with van der Waals surface area (Å²) in [6.07, 6.45) is 3.69. The summed E-state index contributed by atoms with van der Waals surface area (Å²) in [6, 6.07) is 4.05. The standard InChI is InChI=1S/C17H28N4O2/c1-13-11-21(12-14(2)23-13)16-7-6-15(9-19-16)10-20-17(22)5-4-8-18-3/h6-7,9,13-14,18H,4-5,8,10-12H2,1-3H3,(H,20,22). The van der Waals surface area contributed by atoms with Crippen molar-refractivity contribution in [2.45, 2.75) is 45.4 Å². The zero-order valence-corrected chi connectivity index (χ0v) is 14.3. The molecule has 1 amide bonds. The number of carbonyl (C=O) groups excluding carboxylic acids is 1. The van der Waals surface area contributed by atoms with Crippen LogP contribution in [0.3, 0.4) is 0 Å². The molecule has 6 heteroatoms. The lowest BCUT2D eigenvalue weighted by Crippen LogP contribution is -2.45. The van der Waals surface area contributed by atoms with E-state index in [1.807, 2.05) is 25.4 Å². The van der Waals surface area contributed by atoms with Crippen LogP contribution >= 0.6 is 0 Å². The summed E-state index contributed by atoms with van der Waals surface area (Å²) in [5.41, 5.74) is 1.02. The largest absolute Gasteiger partial charge is 0.372 e. The molecule has 0 bridgehead atoms. The van der Waals surface area contributed by atoms with E-state index in [9.17, 15) is 4.79 Å². The second-order valence-corrected chi connectivity index (χ2v) is 6.17. The quantitative estimate of drug-likeness (QED) is 0.742. The van der Waals surface area contributed by atoms with E-state index in [1.54, 1.807) is 0 Å². The number of anilines is 1. The van der Waals surface area contributed by atoms with Gasteiger partial charge in [-0.25, -0.2) is 4.98 Å². The lowest BCUT2D eigenvalue weighted by molar-refractivity contribution is -0.121. The van der Waals surface area contributed by atoms with E-state index in [4.69, 9.17) is 4.74 Å². The maximum atomic E-state index is 11.7. The van der Waals surface area contributed by atoms with Gasteiger partial charge in [0.15, 0.2) is 0 Å². The molecule has 23 heavy (non-hydrogen) atoms. The average Bonchev–Trinajstić information content (AvgIpc) is 2.53. The molecular weight excluding hydrogens is 292 g/mol. The highest BCUT2D eigenvalue weighted by Gasteiger charge is 2.22. The molecular formula is C17H28N4O2. The lowest BCUT2D eigenvalue weighted by atomic mass is 10.2. The van der Waals surface area contributed by atoms with Crippen LogP contribution in [-0.2, 0) is 16.1 Å². The van der Waals surface area contributed by atoms with Crippen LogP contribution in [0.4, 0.5) is 5.82 Å². The Labute approximate surface area is 138 Å². The van der Waals surface area contributed by atoms with Gasteiger partial charge in [-0.15, -0.1) is 0 Å². The zero-order valence-electron chi connectivity index (χ0n) is 14.3. The van der Waals surface area contributed by atoms with Crippen LogP contribution in [0.2, 0.25) is 0 Å². The molecule has 2 unspecified atom stereocenters. The van der Waals surface area contributed by atoms with Crippen molar-refractivity contribution < 1.29 is 9.53 Å². The minimum atomic E-state index is 0.0835. The Morgan fingerprint density at radius 2 is 2.09 bits per heavy atom. The fourth-order valence-corrected chi connectivity index (χ4v) is 2.79. The van der Waals surface area contributed by atoms with Crippen LogP contribution in [-0.4, -0.2) is 49.8 Å². The van der Waals surface area contributed by atoms with Crippen molar-refractivity contribution in [1.82, 2.24) is 15.6 Å². The van der Waals surface area contributed by atoms with Crippen molar-refractivity contribution in [3.05, 3.63) is 23.9 Å². The van der Waals surface area contributed by atoms with Gasteiger partial charge in [-0.2, -0.15) is 0 Å². The highest BCUT2D eigenvalue weighted by atomic mass is 16.5. The SMILES string of the molecule is CNCCCC(=O)NCc1ccc(N2CC(C)OC(C)C2)nc1. The van der Waals surface area contributed by atoms with Gasteiger partial charge >= 0.3 is 0 Å². The van der Waals surface area contributed by atoms with Crippen molar-refractivity contribution in [3.8, 4) is 0 Å². The van der Waals surface area contributed by atoms with Gasteiger partial charge in [0.2, 0.25) is 5.91 Å². The molecule has 0 saturated carbocycles. The molecule has 1 aliphatic heterocycles. The predicted molar refractivity (Wildman–Crippen MR) is 91.5 cm³/mol. The zero-order chi connectivity index (χ0) is 16.7. The summed E-state index contributed by atoms with van der Waals surface area (Å²) >= 11 is 0. The van der Waals surface area contributed by atoms with Crippen molar-refractivity contribution in [2.24, 2.45) is 0 Å². The summed E-state index contributed by atoms with van der Waals surface area (Å²) in [5.74, 6) is 1.05. The average molecular weight is 320 g/mol. The van der Waals surface area contributed by atoms with Gasteiger partial charge in [0.25, 0.3) is 0 Å². The van der Waals surface area contributed by atoms with Crippen LogP contribution in [0.15, 0.2) is 18.3 Å². The summed E-state index contributed by atoms with van der Waals surface area (Å²) in [7, 11) is 1.89. The summed E-state index contributed by atoms with van der Waals surface area (Å²) in [4.78, 5) is 18.5. The molecule has 2 rings (SSSR count). The Kier molecular flexibility index (Phi) is 6.80. The lowest BCUT2D eigenvalue weighted by Gasteiger charge is -2.36. The third kappa shape index (κ3) is 5.80. The number of nitrogens with one attached hydrogen (secondary N) is 2. The first-order valence-electron chi connectivity index (χ1n) is 8.35. The molecule has 1 aliphatic rings. The topological polar surface area (TPSA) is 66.5 Å². The van der Waals surface area contributed by atoms with Crippen molar-refractivity contribution in [3.63, 3.8) is 0 Å². The first kappa shape index (κ1) is 17.7. The van der Waals surface area contributed by atoms with Crippen LogP contribution in [0.25, 0.3) is 0 Å². The molecule has 2 N–H and O–H groups in total. The fourth-order valence-electron chi connectivity index (χ4n) is 2.79. The van der Waals surface area contributed by atoms with Gasteiger partial charge < -0.3 is 20.3 Å². The third-order valence-electron chi connectivity index (χ3n) is 3.87. The van der Waals surface area contributed by atoms with Gasteiger partial charge in [-0.05, 0) is 45.5 Å². The molecule has 1 aromatic heterocycles. The number of aromatic nitrogens is 1. The summed E-state index contributed by atoms with van der Waals surface area (Å²) in [5, 5.41) is 5.97. The van der Waals surface area contributed by atoms with Crippen LogP contribution in [0, 0.1) is 0 Å². The number of pyridine rings is 1. The smallest absolute Gasteiger partial charge is 0.220 e. The van der Waals surface area contributed by atoms with Gasteiger partial charge in [-0.1, -0.05) is 6.07 Å². The number of hydrogen-bond acceptors (Lipinski definition) is 5. The number of ether oxygens (including phenoxy) is 1. The van der Waals surface area contributed by atoms with Crippen LogP contribution < -0.4 is 15.5 Å². The van der Waals surface area contributed by atoms with Gasteiger partial charge in [-0.3, -0.25) is 4.79 Å². The minimum Gasteiger partial charge on any atom is -0.372 e. The van der Waals surface area contributed by atoms with E-state index in [1.165, 1.54) is 0 Å². The maximum absolute atomic E-state index is 11.7. The molecule has 2 atom stereocenters. The second-order valence-electron chi connectivity index (χ2n) is 6.17. The monoisotopic (exact) mass is 320 g/mol. The second kappa shape index (κ2) is 8.84. The number of amides is 1. The summed E-state index contributed by atoms with van der Waals surface area (Å²) in [6.45, 7) is 7.28. The van der Waals surface area contributed by atoms with E-state index in [0.717, 1.165) is 37.4 Å². The first-order valence-corrected chi connectivity index (χ1v) is 8.35. The first-order chi connectivity index (χ1) is 11.1. The van der Waals surface area contributed by atoms with E-state index in [-0.39, 0.29) is 18.1 Å². The Balaban J connectivity index is 1.81. The highest BCUT2D eigenvalue weighted by molar-refractivity contribution is 5.75. The van der Waals surface area contributed by atoms with Gasteiger partial charge in [0.1, 0.15) is 5.82 Å². The van der Waals surface area contributed by atoms with E-state index >= 15 is 0 Å². The molecule has 0 radical (unpaired) electrons. The van der Waals surface area contributed by atoms with Crippen molar-refractivity contribution >= 4 is 11.7 Å². The van der Waals surface area contributed by atoms with E-state index < -0.39 is 0 Å². The number of rotatable bonds is 7. The maximum Gasteiger partial charge on any atom is 0.220 e. The molecule has 0 aromatic carbocycles. The Morgan fingerprint density at radius 1 is 1.35 bits per heavy atom. The molecule has 1 fully saturated rings. The molecule has 6 nitrogen and oxygen atoms in total. The molecule has 1 aromatic rings. The van der Waals surface area contributed by atoms with Crippen molar-refractivity contribution in [2.75, 3.05) is 31.6 Å². The van der Waals surface area contributed by atoms with Crippen LogP contribution in [0.1, 0.15) is 32.3 Å². The number of nitrogens with zero attached hydrogens (tertiary/aromatic N) is 2.